The van der Waals surface area contributed by atoms with Gasteiger partial charge in [0, 0.05) is 37.2 Å². The molecule has 1 aromatic carbocycles. The average molecular weight is 333 g/mol. The van der Waals surface area contributed by atoms with E-state index in [9.17, 15) is 14.4 Å². The molecular formula is C18H27N3O3. The van der Waals surface area contributed by atoms with Crippen molar-refractivity contribution < 1.29 is 14.4 Å². The van der Waals surface area contributed by atoms with Crippen molar-refractivity contribution in [3.63, 3.8) is 0 Å². The highest BCUT2D eigenvalue weighted by molar-refractivity contribution is 5.95. The van der Waals surface area contributed by atoms with Crippen LogP contribution in [0.1, 0.15) is 50.4 Å². The summed E-state index contributed by atoms with van der Waals surface area (Å²) in [6.07, 6.45) is 1.75. The molecule has 0 spiro atoms. The third kappa shape index (κ3) is 7.76. The number of hydrogen-bond acceptors (Lipinski definition) is 3. The van der Waals surface area contributed by atoms with Crippen molar-refractivity contribution in [3.8, 4) is 0 Å². The molecule has 3 N–H and O–H groups in total. The van der Waals surface area contributed by atoms with E-state index >= 15 is 0 Å². The van der Waals surface area contributed by atoms with Crippen LogP contribution >= 0.6 is 0 Å². The highest BCUT2D eigenvalue weighted by atomic mass is 16.2. The van der Waals surface area contributed by atoms with Crippen molar-refractivity contribution >= 4 is 23.4 Å². The molecule has 1 aromatic rings. The highest BCUT2D eigenvalue weighted by Gasteiger charge is 2.07. The molecule has 0 saturated heterocycles. The van der Waals surface area contributed by atoms with Gasteiger partial charge < -0.3 is 16.0 Å². The topological polar surface area (TPSA) is 87.3 Å². The van der Waals surface area contributed by atoms with Crippen LogP contribution in [0.25, 0.3) is 0 Å². The third-order valence-corrected chi connectivity index (χ3v) is 3.23. The number of hydrogen-bond donors (Lipinski definition) is 3. The normalized spacial score (nSPS) is 10.3. The molecule has 0 aliphatic carbocycles. The first-order chi connectivity index (χ1) is 11.4. The minimum Gasteiger partial charge on any atom is -0.354 e. The van der Waals surface area contributed by atoms with E-state index < -0.39 is 0 Å². The lowest BCUT2D eigenvalue weighted by molar-refractivity contribution is -0.121. The van der Waals surface area contributed by atoms with Gasteiger partial charge in [-0.05, 0) is 36.6 Å². The molecule has 0 aliphatic heterocycles. The van der Waals surface area contributed by atoms with Gasteiger partial charge in [0.25, 0.3) is 5.91 Å². The Kier molecular flexibility index (Phi) is 8.54. The summed E-state index contributed by atoms with van der Waals surface area (Å²) in [6, 6.07) is 6.72. The molecule has 0 heterocycles. The molecule has 0 unspecified atom stereocenters. The number of nitrogens with one attached hydrogen (secondary N) is 3. The van der Waals surface area contributed by atoms with Crippen LogP contribution in [0.4, 0.5) is 5.69 Å². The van der Waals surface area contributed by atoms with E-state index in [1.807, 2.05) is 20.8 Å². The number of carbonyl (C=O) groups excluding carboxylic acids is 3. The molecule has 0 radical (unpaired) electrons. The maximum atomic E-state index is 12.0. The van der Waals surface area contributed by atoms with Crippen LogP contribution < -0.4 is 16.0 Å². The van der Waals surface area contributed by atoms with Crippen LogP contribution in [0.2, 0.25) is 0 Å². The fraction of sp³-hybridized carbons (Fsp3) is 0.500. The molecule has 6 nitrogen and oxygen atoms in total. The standard InChI is InChI=1S/C18H27N3O3/c1-4-5-16(22)21-15-8-6-14(7-9-15)18(24)20-11-10-19-17(23)12-13(2)3/h6-9,13H,4-5,10-12H2,1-3H3,(H,19,23)(H,20,24)(H,21,22). The monoisotopic (exact) mass is 333 g/mol. The van der Waals surface area contributed by atoms with Crippen LogP contribution in [-0.4, -0.2) is 30.8 Å². The van der Waals surface area contributed by atoms with Crippen molar-refractivity contribution in [3.05, 3.63) is 29.8 Å². The second-order valence-electron chi connectivity index (χ2n) is 6.08. The zero-order valence-corrected chi connectivity index (χ0v) is 14.6. The number of rotatable bonds is 9. The Labute approximate surface area is 143 Å². The molecule has 0 saturated carbocycles. The predicted octanol–water partition coefficient (Wildman–Crippen LogP) is 2.32. The molecule has 132 valence electrons. The van der Waals surface area contributed by atoms with Gasteiger partial charge in [-0.2, -0.15) is 0 Å². The molecule has 0 fully saturated rings. The summed E-state index contributed by atoms with van der Waals surface area (Å²) in [5.74, 6) is 0.0636. The Morgan fingerprint density at radius 2 is 1.58 bits per heavy atom. The van der Waals surface area contributed by atoms with E-state index in [0.717, 1.165) is 6.42 Å². The largest absolute Gasteiger partial charge is 0.354 e. The minimum atomic E-state index is -0.209. The van der Waals surface area contributed by atoms with Gasteiger partial charge in [-0.25, -0.2) is 0 Å². The molecule has 0 aromatic heterocycles. The summed E-state index contributed by atoms with van der Waals surface area (Å²) in [6.45, 7) is 6.68. The zero-order chi connectivity index (χ0) is 17.9. The SMILES string of the molecule is CCCC(=O)Nc1ccc(C(=O)NCCNC(=O)CC(C)C)cc1. The van der Waals surface area contributed by atoms with Gasteiger partial charge in [-0.1, -0.05) is 20.8 Å². The van der Waals surface area contributed by atoms with E-state index in [4.69, 9.17) is 0 Å². The van der Waals surface area contributed by atoms with Gasteiger partial charge in [0.15, 0.2) is 0 Å². The number of anilines is 1. The van der Waals surface area contributed by atoms with Crippen LogP contribution in [0.5, 0.6) is 0 Å². The summed E-state index contributed by atoms with van der Waals surface area (Å²) in [4.78, 5) is 35.0. The van der Waals surface area contributed by atoms with Gasteiger partial charge in [-0.15, -0.1) is 0 Å². The Balaban J connectivity index is 2.35. The summed E-state index contributed by atoms with van der Waals surface area (Å²) >= 11 is 0. The van der Waals surface area contributed by atoms with Gasteiger partial charge in [0.2, 0.25) is 11.8 Å². The Hall–Kier alpha value is -2.37. The molecule has 24 heavy (non-hydrogen) atoms. The van der Waals surface area contributed by atoms with Crippen LogP contribution in [-0.2, 0) is 9.59 Å². The van der Waals surface area contributed by atoms with Crippen molar-refractivity contribution in [2.75, 3.05) is 18.4 Å². The third-order valence-electron chi connectivity index (χ3n) is 3.23. The summed E-state index contributed by atoms with van der Waals surface area (Å²) < 4.78 is 0. The van der Waals surface area contributed by atoms with Gasteiger partial charge in [0.05, 0.1) is 0 Å². The lowest BCUT2D eigenvalue weighted by Gasteiger charge is -2.09. The number of amides is 3. The molecule has 3 amide bonds. The lowest BCUT2D eigenvalue weighted by atomic mass is 10.1. The van der Waals surface area contributed by atoms with Gasteiger partial charge in [0.1, 0.15) is 0 Å². The molecule has 0 aliphatic rings. The maximum Gasteiger partial charge on any atom is 0.251 e. The number of benzene rings is 1. The first-order valence-electron chi connectivity index (χ1n) is 8.37. The molecule has 6 heteroatoms. The molecular weight excluding hydrogens is 306 g/mol. The molecule has 0 bridgehead atoms. The van der Waals surface area contributed by atoms with Gasteiger partial charge >= 0.3 is 0 Å². The smallest absolute Gasteiger partial charge is 0.251 e. The Bertz CT molecular complexity index is 553. The van der Waals surface area contributed by atoms with Crippen LogP contribution in [0.3, 0.4) is 0 Å². The summed E-state index contributed by atoms with van der Waals surface area (Å²) in [5.41, 5.74) is 1.18. The Morgan fingerprint density at radius 1 is 0.958 bits per heavy atom. The predicted molar refractivity (Wildman–Crippen MR) is 94.8 cm³/mol. The molecule has 1 rings (SSSR count). The van der Waals surface area contributed by atoms with Crippen LogP contribution in [0, 0.1) is 5.92 Å². The van der Waals surface area contributed by atoms with Crippen molar-refractivity contribution in [1.82, 2.24) is 10.6 Å². The summed E-state index contributed by atoms with van der Waals surface area (Å²) in [5, 5.41) is 8.28. The average Bonchev–Trinajstić information content (AvgIpc) is 2.51. The fourth-order valence-corrected chi connectivity index (χ4v) is 2.08. The van der Waals surface area contributed by atoms with Gasteiger partial charge in [-0.3, -0.25) is 14.4 Å². The van der Waals surface area contributed by atoms with E-state index in [0.29, 0.717) is 43.1 Å². The Morgan fingerprint density at radius 3 is 2.17 bits per heavy atom. The highest BCUT2D eigenvalue weighted by Crippen LogP contribution is 2.10. The van der Waals surface area contributed by atoms with E-state index in [1.165, 1.54) is 0 Å². The minimum absolute atomic E-state index is 0.00794. The summed E-state index contributed by atoms with van der Waals surface area (Å²) in [7, 11) is 0. The van der Waals surface area contributed by atoms with E-state index in [1.54, 1.807) is 24.3 Å². The second-order valence-corrected chi connectivity index (χ2v) is 6.08. The number of carbonyl (C=O) groups is 3. The van der Waals surface area contributed by atoms with E-state index in [-0.39, 0.29) is 17.7 Å². The zero-order valence-electron chi connectivity index (χ0n) is 14.6. The first kappa shape index (κ1) is 19.7. The van der Waals surface area contributed by atoms with Crippen LogP contribution in [0.15, 0.2) is 24.3 Å². The first-order valence-corrected chi connectivity index (χ1v) is 8.37. The maximum absolute atomic E-state index is 12.0. The lowest BCUT2D eigenvalue weighted by Crippen LogP contribution is -2.35. The second kappa shape index (κ2) is 10.4. The van der Waals surface area contributed by atoms with Crippen molar-refractivity contribution in [2.24, 2.45) is 5.92 Å². The van der Waals surface area contributed by atoms with Crippen molar-refractivity contribution in [1.29, 1.82) is 0 Å². The quantitative estimate of drug-likeness (QED) is 0.606. The van der Waals surface area contributed by atoms with E-state index in [2.05, 4.69) is 16.0 Å². The van der Waals surface area contributed by atoms with Crippen molar-refractivity contribution in [2.45, 2.75) is 40.0 Å². The molecule has 0 atom stereocenters. The fourth-order valence-electron chi connectivity index (χ4n) is 2.08.